The van der Waals surface area contributed by atoms with Gasteiger partial charge in [-0.25, -0.2) is 4.79 Å². The molecule has 4 amide bonds. The van der Waals surface area contributed by atoms with Gasteiger partial charge in [-0.05, 0) is 56.4 Å². The van der Waals surface area contributed by atoms with E-state index >= 15 is 0 Å². The molecule has 1 saturated carbocycles. The minimum absolute atomic E-state index is 0.0546. The second-order valence-corrected chi connectivity index (χ2v) is 9.21. The van der Waals surface area contributed by atoms with Crippen LogP contribution in [-0.4, -0.2) is 58.5 Å². The number of rotatable bonds is 5. The van der Waals surface area contributed by atoms with E-state index in [1.54, 1.807) is 0 Å². The van der Waals surface area contributed by atoms with E-state index in [1.165, 1.54) is 16.6 Å². The van der Waals surface area contributed by atoms with E-state index in [-0.39, 0.29) is 30.2 Å². The first-order valence-electron chi connectivity index (χ1n) is 11.1. The predicted octanol–water partition coefficient (Wildman–Crippen LogP) is 1.98. The van der Waals surface area contributed by atoms with E-state index in [0.717, 1.165) is 19.4 Å². The summed E-state index contributed by atoms with van der Waals surface area (Å²) >= 11 is 0. The monoisotopic (exact) mass is 423 g/mol. The third kappa shape index (κ3) is 3.43. The average Bonchev–Trinajstić information content (AvgIpc) is 3.48. The zero-order chi connectivity index (χ0) is 21.8. The van der Waals surface area contributed by atoms with Crippen LogP contribution in [0.2, 0.25) is 0 Å². The van der Waals surface area contributed by atoms with Crippen LogP contribution in [0.15, 0.2) is 30.5 Å². The molecule has 2 aromatic rings. The van der Waals surface area contributed by atoms with Crippen molar-refractivity contribution >= 4 is 34.4 Å². The lowest BCUT2D eigenvalue weighted by Gasteiger charge is -2.41. The maximum absolute atomic E-state index is 13.0. The molecule has 3 heterocycles. The highest BCUT2D eigenvalue weighted by Gasteiger charge is 2.55. The number of urea groups is 1. The normalized spacial score (nSPS) is 26.3. The number of hydrogen-bond donors (Lipinski definition) is 2. The van der Waals surface area contributed by atoms with Crippen molar-refractivity contribution in [2.45, 2.75) is 44.2 Å². The van der Waals surface area contributed by atoms with Crippen molar-refractivity contribution in [2.75, 3.05) is 24.5 Å². The summed E-state index contributed by atoms with van der Waals surface area (Å²) in [6, 6.07) is 8.39. The van der Waals surface area contributed by atoms with E-state index in [0.29, 0.717) is 19.5 Å². The maximum Gasteiger partial charge on any atom is 0.322 e. The van der Waals surface area contributed by atoms with Gasteiger partial charge in [-0.15, -0.1) is 0 Å². The highest BCUT2D eigenvalue weighted by Crippen LogP contribution is 2.43. The number of nitrogens with zero attached hydrogens (tertiary/aromatic N) is 3. The smallest absolute Gasteiger partial charge is 0.322 e. The molecule has 1 aromatic heterocycles. The molecule has 2 atom stereocenters. The van der Waals surface area contributed by atoms with Crippen molar-refractivity contribution in [3.8, 4) is 0 Å². The number of hydrogen-bond acceptors (Lipinski definition) is 4. The minimum Gasteiger partial charge on any atom is -0.365 e. The summed E-state index contributed by atoms with van der Waals surface area (Å²) in [4.78, 5) is 41.3. The number of aryl methyl sites for hydroxylation is 1. The summed E-state index contributed by atoms with van der Waals surface area (Å²) in [7, 11) is 2.04. The largest absolute Gasteiger partial charge is 0.365 e. The Labute approximate surface area is 181 Å². The number of amides is 4. The second-order valence-electron chi connectivity index (χ2n) is 9.21. The lowest BCUT2D eigenvalue weighted by molar-refractivity contribution is -0.133. The Hall–Kier alpha value is -3.03. The van der Waals surface area contributed by atoms with Gasteiger partial charge in [0.25, 0.3) is 5.91 Å². The average molecular weight is 424 g/mol. The van der Waals surface area contributed by atoms with Crippen LogP contribution in [0.1, 0.15) is 32.6 Å². The summed E-state index contributed by atoms with van der Waals surface area (Å²) in [5.74, 6) is -0.0725. The molecule has 1 aromatic carbocycles. The van der Waals surface area contributed by atoms with E-state index < -0.39 is 11.6 Å². The highest BCUT2D eigenvalue weighted by molar-refractivity contribution is 6.07. The van der Waals surface area contributed by atoms with Gasteiger partial charge in [0.2, 0.25) is 5.91 Å². The quantitative estimate of drug-likeness (QED) is 0.720. The molecule has 3 fully saturated rings. The molecular formula is C23H29N5O3. The van der Waals surface area contributed by atoms with E-state index in [4.69, 9.17) is 0 Å². The Morgan fingerprint density at radius 1 is 1.19 bits per heavy atom. The van der Waals surface area contributed by atoms with Gasteiger partial charge in [-0.1, -0.05) is 0 Å². The molecular weight excluding hydrogens is 394 g/mol. The SMILES string of the molecule is C[C@H]1CN(C(=O)CC[C@]2(C3CC3)NC(=O)NC2=O)CCN1c1ccc2c(ccn2C)c1. The van der Waals surface area contributed by atoms with Gasteiger partial charge >= 0.3 is 6.03 Å². The Bertz CT molecular complexity index is 1060. The lowest BCUT2D eigenvalue weighted by atomic mass is 9.87. The number of carbonyl (C=O) groups excluding carboxylic acids is 3. The number of benzene rings is 1. The molecule has 1 aliphatic carbocycles. The molecule has 0 unspecified atom stereocenters. The fourth-order valence-corrected chi connectivity index (χ4v) is 5.23. The number of fused-ring (bicyclic) bond motifs is 1. The first-order valence-corrected chi connectivity index (χ1v) is 11.1. The van der Waals surface area contributed by atoms with Crippen LogP contribution in [0.5, 0.6) is 0 Å². The zero-order valence-electron chi connectivity index (χ0n) is 18.1. The van der Waals surface area contributed by atoms with Crippen LogP contribution in [-0.2, 0) is 16.6 Å². The van der Waals surface area contributed by atoms with Crippen molar-refractivity contribution in [3.05, 3.63) is 30.5 Å². The first-order chi connectivity index (χ1) is 14.9. The zero-order valence-corrected chi connectivity index (χ0v) is 18.1. The number of anilines is 1. The van der Waals surface area contributed by atoms with Crippen LogP contribution >= 0.6 is 0 Å². The lowest BCUT2D eigenvalue weighted by Crippen LogP contribution is -2.54. The maximum atomic E-state index is 13.0. The van der Waals surface area contributed by atoms with Crippen molar-refractivity contribution < 1.29 is 14.4 Å². The summed E-state index contributed by atoms with van der Waals surface area (Å²) < 4.78 is 2.11. The molecule has 8 nitrogen and oxygen atoms in total. The number of carbonyl (C=O) groups is 3. The standard InChI is InChI=1S/C23H29N5O3/c1-15-14-27(11-12-28(15)18-5-6-19-16(13-18)8-10-26(19)2)20(29)7-9-23(17-3-4-17)21(30)24-22(31)25-23/h5-6,8,10,13,15,17H,3-4,7,9,11-12,14H2,1-2H3,(H2,24,25,30,31)/t15-,23+/m0/s1. The third-order valence-electron chi connectivity index (χ3n) is 7.16. The Morgan fingerprint density at radius 3 is 2.68 bits per heavy atom. The van der Waals surface area contributed by atoms with Crippen molar-refractivity contribution in [3.63, 3.8) is 0 Å². The van der Waals surface area contributed by atoms with E-state index in [2.05, 4.69) is 57.5 Å². The third-order valence-corrected chi connectivity index (χ3v) is 7.16. The van der Waals surface area contributed by atoms with Crippen LogP contribution in [0.4, 0.5) is 10.5 Å². The van der Waals surface area contributed by atoms with Gasteiger partial charge < -0.3 is 19.7 Å². The summed E-state index contributed by atoms with van der Waals surface area (Å²) in [6.45, 7) is 4.23. The Kier molecular flexibility index (Phi) is 4.68. The topological polar surface area (TPSA) is 86.7 Å². The molecule has 2 aliphatic heterocycles. The molecule has 2 saturated heterocycles. The molecule has 2 N–H and O–H groups in total. The Morgan fingerprint density at radius 2 is 2.00 bits per heavy atom. The van der Waals surface area contributed by atoms with Gasteiger partial charge in [0.1, 0.15) is 5.54 Å². The minimum atomic E-state index is -0.898. The van der Waals surface area contributed by atoms with Gasteiger partial charge in [0, 0.05) is 61.9 Å². The molecule has 31 heavy (non-hydrogen) atoms. The van der Waals surface area contributed by atoms with Crippen LogP contribution < -0.4 is 15.5 Å². The van der Waals surface area contributed by atoms with E-state index in [9.17, 15) is 14.4 Å². The Balaban J connectivity index is 1.22. The van der Waals surface area contributed by atoms with Crippen LogP contribution in [0, 0.1) is 5.92 Å². The van der Waals surface area contributed by atoms with Crippen molar-refractivity contribution in [1.29, 1.82) is 0 Å². The molecule has 0 radical (unpaired) electrons. The highest BCUT2D eigenvalue weighted by atomic mass is 16.2. The number of imide groups is 1. The summed E-state index contributed by atoms with van der Waals surface area (Å²) in [5, 5.41) is 6.38. The molecule has 164 valence electrons. The van der Waals surface area contributed by atoms with Crippen molar-refractivity contribution in [2.24, 2.45) is 13.0 Å². The molecule has 0 bridgehead atoms. The second kappa shape index (κ2) is 7.28. The van der Waals surface area contributed by atoms with Crippen molar-refractivity contribution in [1.82, 2.24) is 20.1 Å². The van der Waals surface area contributed by atoms with Crippen LogP contribution in [0.3, 0.4) is 0 Å². The fraction of sp³-hybridized carbons (Fsp3) is 0.522. The van der Waals surface area contributed by atoms with E-state index in [1.807, 2.05) is 11.9 Å². The molecule has 5 rings (SSSR count). The van der Waals surface area contributed by atoms with Gasteiger partial charge in [0.05, 0.1) is 0 Å². The molecule has 0 spiro atoms. The number of aromatic nitrogens is 1. The van der Waals surface area contributed by atoms with Crippen LogP contribution in [0.25, 0.3) is 10.9 Å². The summed E-state index contributed by atoms with van der Waals surface area (Å²) in [6.07, 6.45) is 4.54. The van der Waals surface area contributed by atoms with Gasteiger partial charge in [0.15, 0.2) is 0 Å². The predicted molar refractivity (Wildman–Crippen MR) is 118 cm³/mol. The summed E-state index contributed by atoms with van der Waals surface area (Å²) in [5.41, 5.74) is 1.49. The molecule has 3 aliphatic rings. The van der Waals surface area contributed by atoms with Gasteiger partial charge in [-0.2, -0.15) is 0 Å². The number of nitrogens with one attached hydrogen (secondary N) is 2. The molecule has 8 heteroatoms. The van der Waals surface area contributed by atoms with Gasteiger partial charge in [-0.3, -0.25) is 14.9 Å². The first kappa shape index (κ1) is 19.9. The number of piperazine rings is 1. The fourth-order valence-electron chi connectivity index (χ4n) is 5.23.